The highest BCUT2D eigenvalue weighted by Crippen LogP contribution is 2.39. The maximum atomic E-state index is 13.0. The normalized spacial score (nSPS) is 13.6. The van der Waals surface area contributed by atoms with Crippen molar-refractivity contribution in [2.75, 3.05) is 18.9 Å². The molecule has 22 heavy (non-hydrogen) atoms. The van der Waals surface area contributed by atoms with Gasteiger partial charge in [-0.3, -0.25) is 0 Å². The number of benzene rings is 1. The minimum absolute atomic E-state index is 0. The highest BCUT2D eigenvalue weighted by atomic mass is 79.9. The van der Waals surface area contributed by atoms with Crippen LogP contribution in [0.25, 0.3) is 0 Å². The third-order valence-electron chi connectivity index (χ3n) is 3.00. The van der Waals surface area contributed by atoms with Crippen molar-refractivity contribution < 1.29 is 23.4 Å². The van der Waals surface area contributed by atoms with Crippen molar-refractivity contribution >= 4 is 34.0 Å². The number of hydrogen-bond acceptors (Lipinski definition) is 4. The summed E-state index contributed by atoms with van der Waals surface area (Å²) in [6.45, 7) is 2.70. The number of nitrogens with two attached hydrogens (primary N) is 1. The number of aliphatic hydroxyl groups is 2. The van der Waals surface area contributed by atoms with Crippen LogP contribution in [-0.4, -0.2) is 29.0 Å². The molecule has 1 unspecified atom stereocenters. The minimum Gasteiger partial charge on any atom is -0.397 e. The van der Waals surface area contributed by atoms with Crippen LogP contribution in [0.3, 0.4) is 0 Å². The van der Waals surface area contributed by atoms with E-state index < -0.39 is 35.6 Å². The van der Waals surface area contributed by atoms with E-state index in [4.69, 9.17) is 5.73 Å². The first-order valence-electron chi connectivity index (χ1n) is 6.17. The Kier molecular flexibility index (Phi) is 7.64. The number of hydrogen-bond donors (Lipinski definition) is 4. The molecule has 0 aliphatic heterocycles. The molecule has 1 aromatic carbocycles. The van der Waals surface area contributed by atoms with E-state index in [2.05, 4.69) is 21.2 Å². The van der Waals surface area contributed by atoms with Gasteiger partial charge in [-0.15, -0.1) is 12.4 Å². The molecule has 0 aliphatic rings. The van der Waals surface area contributed by atoms with Crippen molar-refractivity contribution in [3.05, 3.63) is 27.7 Å². The van der Waals surface area contributed by atoms with Crippen molar-refractivity contribution in [1.82, 2.24) is 5.32 Å². The van der Waals surface area contributed by atoms with Crippen LogP contribution >= 0.6 is 28.3 Å². The second-order valence-electron chi connectivity index (χ2n) is 5.38. The molecule has 128 valence electrons. The van der Waals surface area contributed by atoms with Crippen LogP contribution in [0.2, 0.25) is 0 Å². The highest BCUT2D eigenvalue weighted by molar-refractivity contribution is 9.10. The molecule has 0 aliphatic carbocycles. The third-order valence-corrected chi connectivity index (χ3v) is 3.66. The Morgan fingerprint density at radius 1 is 1.27 bits per heavy atom. The summed E-state index contributed by atoms with van der Waals surface area (Å²) >= 11 is 3.00. The van der Waals surface area contributed by atoms with E-state index in [9.17, 15) is 23.4 Å². The number of alkyl halides is 3. The fourth-order valence-corrected chi connectivity index (χ4v) is 2.30. The van der Waals surface area contributed by atoms with Gasteiger partial charge in [0.1, 0.15) is 0 Å². The topological polar surface area (TPSA) is 78.5 Å². The summed E-state index contributed by atoms with van der Waals surface area (Å²) in [5.74, 6) is 0. The fraction of sp³-hybridized carbons (Fsp3) is 0.538. The zero-order valence-corrected chi connectivity index (χ0v) is 14.4. The van der Waals surface area contributed by atoms with E-state index in [1.54, 1.807) is 13.8 Å². The van der Waals surface area contributed by atoms with Gasteiger partial charge < -0.3 is 21.3 Å². The van der Waals surface area contributed by atoms with Crippen LogP contribution in [0.15, 0.2) is 16.6 Å². The van der Waals surface area contributed by atoms with E-state index >= 15 is 0 Å². The van der Waals surface area contributed by atoms with Gasteiger partial charge in [0.05, 0.1) is 30.5 Å². The molecule has 5 N–H and O–H groups in total. The Balaban J connectivity index is 0.00000441. The fourth-order valence-electron chi connectivity index (χ4n) is 1.83. The van der Waals surface area contributed by atoms with Gasteiger partial charge in [-0.05, 0) is 47.5 Å². The molecule has 0 radical (unpaired) electrons. The smallest absolute Gasteiger partial charge is 0.397 e. The van der Waals surface area contributed by atoms with Crippen LogP contribution in [0.1, 0.15) is 31.0 Å². The molecular formula is C13H19BrClF3N2O2. The second kappa shape index (κ2) is 7.83. The van der Waals surface area contributed by atoms with Gasteiger partial charge in [0.15, 0.2) is 0 Å². The van der Waals surface area contributed by atoms with E-state index in [0.29, 0.717) is 0 Å². The average molecular weight is 408 g/mol. The number of halogens is 5. The molecule has 1 aromatic rings. The van der Waals surface area contributed by atoms with Crippen LogP contribution < -0.4 is 11.1 Å². The average Bonchev–Trinajstić information content (AvgIpc) is 2.37. The van der Waals surface area contributed by atoms with Gasteiger partial charge in [0.25, 0.3) is 0 Å². The van der Waals surface area contributed by atoms with E-state index in [1.165, 1.54) is 6.07 Å². The molecule has 0 saturated heterocycles. The van der Waals surface area contributed by atoms with Crippen LogP contribution in [0, 0.1) is 0 Å². The molecule has 4 nitrogen and oxygen atoms in total. The molecular weight excluding hydrogens is 389 g/mol. The summed E-state index contributed by atoms with van der Waals surface area (Å²) in [6, 6.07) is 1.57. The number of anilines is 1. The first kappa shape index (κ1) is 21.5. The van der Waals surface area contributed by atoms with Gasteiger partial charge in [0, 0.05) is 10.0 Å². The molecule has 0 saturated carbocycles. The predicted octanol–water partition coefficient (Wildman–Crippen LogP) is 2.87. The lowest BCUT2D eigenvalue weighted by molar-refractivity contribution is -0.137. The number of aliphatic hydroxyl groups excluding tert-OH is 2. The second-order valence-corrected chi connectivity index (χ2v) is 6.24. The Morgan fingerprint density at radius 3 is 2.23 bits per heavy atom. The largest absolute Gasteiger partial charge is 0.418 e. The third kappa shape index (κ3) is 5.27. The lowest BCUT2D eigenvalue weighted by atomic mass is 9.99. The first-order valence-corrected chi connectivity index (χ1v) is 6.96. The molecule has 0 fully saturated rings. The zero-order chi connectivity index (χ0) is 16.4. The van der Waals surface area contributed by atoms with E-state index in [0.717, 1.165) is 6.07 Å². The highest BCUT2D eigenvalue weighted by Gasteiger charge is 2.35. The summed E-state index contributed by atoms with van der Waals surface area (Å²) < 4.78 is 39.0. The lowest BCUT2D eigenvalue weighted by Gasteiger charge is -2.30. The quantitative estimate of drug-likeness (QED) is 0.566. The van der Waals surface area contributed by atoms with Gasteiger partial charge in [-0.2, -0.15) is 13.2 Å². The van der Waals surface area contributed by atoms with Crippen molar-refractivity contribution in [1.29, 1.82) is 0 Å². The summed E-state index contributed by atoms with van der Waals surface area (Å²) in [7, 11) is 0. The SMILES string of the molecule is CC(C)(CO)NC(CO)c1cc(Br)c(N)c(C(F)(F)F)c1.Cl. The van der Waals surface area contributed by atoms with Crippen molar-refractivity contribution in [3.8, 4) is 0 Å². The van der Waals surface area contributed by atoms with Gasteiger partial charge >= 0.3 is 6.18 Å². The summed E-state index contributed by atoms with van der Waals surface area (Å²) in [5, 5.41) is 21.5. The number of nitrogens with one attached hydrogen (secondary N) is 1. The molecule has 1 rings (SSSR count). The van der Waals surface area contributed by atoms with Crippen LogP contribution in [-0.2, 0) is 6.18 Å². The molecule has 9 heteroatoms. The van der Waals surface area contributed by atoms with Crippen LogP contribution in [0.5, 0.6) is 0 Å². The summed E-state index contributed by atoms with van der Waals surface area (Å²) in [5.41, 5.74) is 3.56. The molecule has 0 aromatic heterocycles. The van der Waals surface area contributed by atoms with Crippen molar-refractivity contribution in [2.45, 2.75) is 31.6 Å². The maximum absolute atomic E-state index is 13.0. The predicted molar refractivity (Wildman–Crippen MR) is 84.9 cm³/mol. The Morgan fingerprint density at radius 2 is 1.82 bits per heavy atom. The lowest BCUT2D eigenvalue weighted by Crippen LogP contribution is -2.45. The summed E-state index contributed by atoms with van der Waals surface area (Å²) in [6.07, 6.45) is -4.59. The molecule has 0 bridgehead atoms. The van der Waals surface area contributed by atoms with E-state index in [-0.39, 0.29) is 29.1 Å². The van der Waals surface area contributed by atoms with Gasteiger partial charge in [0.2, 0.25) is 0 Å². The number of nitrogen functional groups attached to an aromatic ring is 1. The Bertz CT molecular complexity index is 513. The zero-order valence-electron chi connectivity index (χ0n) is 12.0. The van der Waals surface area contributed by atoms with Gasteiger partial charge in [-0.1, -0.05) is 0 Å². The van der Waals surface area contributed by atoms with Crippen molar-refractivity contribution in [2.24, 2.45) is 0 Å². The summed E-state index contributed by atoms with van der Waals surface area (Å²) in [4.78, 5) is 0. The van der Waals surface area contributed by atoms with E-state index in [1.807, 2.05) is 0 Å². The standard InChI is InChI=1S/C13H18BrF3N2O2.ClH/c1-12(2,6-21)19-10(5-20)7-3-8(13(15,16)17)11(18)9(14)4-7;/h3-4,10,19-21H,5-6,18H2,1-2H3;1H. The first-order chi connectivity index (χ1) is 9.51. The van der Waals surface area contributed by atoms with Crippen LogP contribution in [0.4, 0.5) is 18.9 Å². The molecule has 0 spiro atoms. The maximum Gasteiger partial charge on any atom is 0.418 e. The molecule has 1 atom stereocenters. The van der Waals surface area contributed by atoms with Gasteiger partial charge in [-0.25, -0.2) is 0 Å². The molecule has 0 heterocycles. The molecule has 0 amide bonds. The Labute approximate surface area is 141 Å². The van der Waals surface area contributed by atoms with Crippen molar-refractivity contribution in [3.63, 3.8) is 0 Å². The Hall–Kier alpha value is -0.540. The monoisotopic (exact) mass is 406 g/mol. The number of rotatable bonds is 5. The minimum atomic E-state index is -4.59.